The minimum absolute atomic E-state index is 0.434. The second kappa shape index (κ2) is 7.23. The monoisotopic (exact) mass is 359 g/mol. The summed E-state index contributed by atoms with van der Waals surface area (Å²) in [6.45, 7) is 2.06. The molecule has 0 heterocycles. The van der Waals surface area contributed by atoms with Crippen molar-refractivity contribution in [3.8, 4) is 5.75 Å². The van der Waals surface area contributed by atoms with E-state index < -0.39 is 5.97 Å². The van der Waals surface area contributed by atoms with Crippen LogP contribution in [-0.2, 0) is 11.3 Å². The summed E-state index contributed by atoms with van der Waals surface area (Å²) in [6.07, 6.45) is 2.75. The van der Waals surface area contributed by atoms with Crippen LogP contribution in [0.25, 0.3) is 10.8 Å². The third kappa shape index (κ3) is 3.19. The zero-order valence-corrected chi connectivity index (χ0v) is 15.5. The van der Waals surface area contributed by atoms with Gasteiger partial charge in [-0.05, 0) is 66.3 Å². The van der Waals surface area contributed by atoms with Gasteiger partial charge in [0.1, 0.15) is 5.75 Å². The van der Waals surface area contributed by atoms with E-state index in [0.29, 0.717) is 5.56 Å². The molecule has 0 saturated carbocycles. The Bertz CT molecular complexity index is 1050. The highest BCUT2D eigenvalue weighted by molar-refractivity contribution is 6.06. The van der Waals surface area contributed by atoms with Crippen LogP contribution < -0.4 is 4.74 Å². The highest BCUT2D eigenvalue weighted by atomic mass is 16.7. The van der Waals surface area contributed by atoms with Crippen LogP contribution in [0.1, 0.15) is 39.9 Å². The summed E-state index contributed by atoms with van der Waals surface area (Å²) >= 11 is 0. The molecule has 1 aliphatic rings. The normalized spacial score (nSPS) is 14.8. The van der Waals surface area contributed by atoms with E-state index in [4.69, 9.17) is 9.57 Å². The molecule has 4 heteroatoms. The third-order valence-corrected chi connectivity index (χ3v) is 5.17. The number of hydrogen-bond acceptors (Lipinski definition) is 4. The highest BCUT2D eigenvalue weighted by Crippen LogP contribution is 2.31. The SMILES string of the molecule is COc1ccc2c(c1C)CCCC2=NOC(=O)c1cccc2ccccc12. The molecule has 0 aromatic heterocycles. The van der Waals surface area contributed by atoms with Crippen molar-refractivity contribution in [1.82, 2.24) is 0 Å². The number of carbonyl (C=O) groups excluding carboxylic acids is 1. The highest BCUT2D eigenvalue weighted by Gasteiger charge is 2.21. The molecule has 0 atom stereocenters. The van der Waals surface area contributed by atoms with Crippen LogP contribution in [0.5, 0.6) is 5.75 Å². The number of methoxy groups -OCH3 is 1. The summed E-state index contributed by atoms with van der Waals surface area (Å²) in [5.74, 6) is 0.444. The summed E-state index contributed by atoms with van der Waals surface area (Å²) in [5.41, 5.74) is 4.74. The van der Waals surface area contributed by atoms with E-state index in [1.807, 2.05) is 48.5 Å². The van der Waals surface area contributed by atoms with Gasteiger partial charge < -0.3 is 9.57 Å². The lowest BCUT2D eigenvalue weighted by Crippen LogP contribution is -2.15. The van der Waals surface area contributed by atoms with Crippen LogP contribution in [0, 0.1) is 6.92 Å². The molecule has 4 nitrogen and oxygen atoms in total. The van der Waals surface area contributed by atoms with Crippen molar-refractivity contribution in [3.63, 3.8) is 0 Å². The van der Waals surface area contributed by atoms with Gasteiger partial charge >= 0.3 is 5.97 Å². The van der Waals surface area contributed by atoms with Crippen LogP contribution in [0.3, 0.4) is 0 Å². The molecule has 0 aliphatic heterocycles. The van der Waals surface area contributed by atoms with E-state index in [0.717, 1.165) is 52.6 Å². The Balaban J connectivity index is 1.64. The second-order valence-electron chi connectivity index (χ2n) is 6.72. The predicted octanol–water partition coefficient (Wildman–Crippen LogP) is 5.05. The number of nitrogens with zero attached hydrogens (tertiary/aromatic N) is 1. The lowest BCUT2D eigenvalue weighted by molar-refractivity contribution is 0.0518. The van der Waals surface area contributed by atoms with Crippen molar-refractivity contribution in [2.24, 2.45) is 5.16 Å². The number of rotatable bonds is 3. The van der Waals surface area contributed by atoms with E-state index >= 15 is 0 Å². The lowest BCUT2D eigenvalue weighted by Gasteiger charge is -2.21. The largest absolute Gasteiger partial charge is 0.496 e. The van der Waals surface area contributed by atoms with Gasteiger partial charge in [0.25, 0.3) is 0 Å². The van der Waals surface area contributed by atoms with Crippen LogP contribution >= 0.6 is 0 Å². The first-order valence-electron chi connectivity index (χ1n) is 9.12. The fraction of sp³-hybridized carbons (Fsp3) is 0.217. The molecular weight excluding hydrogens is 338 g/mol. The summed E-state index contributed by atoms with van der Waals surface area (Å²) in [6, 6.07) is 17.3. The zero-order chi connectivity index (χ0) is 18.8. The van der Waals surface area contributed by atoms with Gasteiger partial charge in [-0.3, -0.25) is 0 Å². The van der Waals surface area contributed by atoms with Gasteiger partial charge in [0, 0.05) is 5.56 Å². The standard InChI is InChI=1S/C23H21NO3/c1-15-17-10-6-12-21(19(17)13-14-22(15)26-2)24-27-23(25)20-11-5-8-16-7-3-4-9-18(16)20/h3-5,7-9,11,13-14H,6,10,12H2,1-2H3. The quantitative estimate of drug-likeness (QED) is 0.485. The molecule has 0 amide bonds. The van der Waals surface area contributed by atoms with Gasteiger partial charge in [0.15, 0.2) is 0 Å². The number of fused-ring (bicyclic) bond motifs is 2. The van der Waals surface area contributed by atoms with Gasteiger partial charge in [0.05, 0.1) is 18.4 Å². The Morgan fingerprint density at radius 2 is 1.81 bits per heavy atom. The molecule has 0 N–H and O–H groups in total. The lowest BCUT2D eigenvalue weighted by atomic mass is 9.87. The number of oxime groups is 1. The Morgan fingerprint density at radius 1 is 1.00 bits per heavy atom. The predicted molar refractivity (Wildman–Crippen MR) is 107 cm³/mol. The maximum absolute atomic E-state index is 12.6. The van der Waals surface area contributed by atoms with E-state index in [1.54, 1.807) is 13.2 Å². The minimum Gasteiger partial charge on any atom is -0.496 e. The molecule has 0 unspecified atom stereocenters. The average Bonchev–Trinajstić information content (AvgIpc) is 2.72. The first-order valence-corrected chi connectivity index (χ1v) is 9.12. The molecule has 1 aliphatic carbocycles. The summed E-state index contributed by atoms with van der Waals surface area (Å²) in [5, 5.41) is 6.11. The first kappa shape index (κ1) is 17.3. The first-order chi connectivity index (χ1) is 13.2. The van der Waals surface area contributed by atoms with Crippen molar-refractivity contribution in [2.45, 2.75) is 26.2 Å². The van der Waals surface area contributed by atoms with Crippen molar-refractivity contribution in [2.75, 3.05) is 7.11 Å². The van der Waals surface area contributed by atoms with Gasteiger partial charge in [-0.1, -0.05) is 41.6 Å². The number of benzene rings is 3. The van der Waals surface area contributed by atoms with Crippen molar-refractivity contribution in [1.29, 1.82) is 0 Å². The fourth-order valence-electron chi connectivity index (χ4n) is 3.76. The maximum atomic E-state index is 12.6. The molecule has 3 aromatic rings. The topological polar surface area (TPSA) is 47.9 Å². The Labute approximate surface area is 158 Å². The van der Waals surface area contributed by atoms with Gasteiger partial charge in [-0.2, -0.15) is 0 Å². The van der Waals surface area contributed by atoms with Crippen LogP contribution in [0.4, 0.5) is 0 Å². The van der Waals surface area contributed by atoms with Crippen molar-refractivity contribution < 1.29 is 14.4 Å². The Kier molecular flexibility index (Phi) is 4.63. The Morgan fingerprint density at radius 3 is 2.67 bits per heavy atom. The van der Waals surface area contributed by atoms with Crippen LogP contribution in [0.2, 0.25) is 0 Å². The summed E-state index contributed by atoms with van der Waals surface area (Å²) in [4.78, 5) is 18.0. The smallest absolute Gasteiger partial charge is 0.366 e. The minimum atomic E-state index is -0.434. The second-order valence-corrected chi connectivity index (χ2v) is 6.72. The van der Waals surface area contributed by atoms with Gasteiger partial charge in [-0.15, -0.1) is 0 Å². The van der Waals surface area contributed by atoms with Crippen LogP contribution in [0.15, 0.2) is 59.8 Å². The van der Waals surface area contributed by atoms with Gasteiger partial charge in [-0.25, -0.2) is 4.79 Å². The summed E-state index contributed by atoms with van der Waals surface area (Å²) < 4.78 is 5.42. The molecular formula is C23H21NO3. The fourth-order valence-corrected chi connectivity index (χ4v) is 3.76. The van der Waals surface area contributed by atoms with E-state index in [1.165, 1.54) is 5.56 Å². The molecule has 0 saturated heterocycles. The van der Waals surface area contributed by atoms with E-state index in [9.17, 15) is 4.79 Å². The molecule has 4 rings (SSSR count). The van der Waals surface area contributed by atoms with Crippen LogP contribution in [-0.4, -0.2) is 18.8 Å². The third-order valence-electron chi connectivity index (χ3n) is 5.17. The molecule has 0 bridgehead atoms. The molecule has 136 valence electrons. The molecule has 27 heavy (non-hydrogen) atoms. The Hall–Kier alpha value is -3.14. The number of carbonyl (C=O) groups is 1. The number of hydrogen-bond donors (Lipinski definition) is 0. The zero-order valence-electron chi connectivity index (χ0n) is 15.5. The maximum Gasteiger partial charge on any atom is 0.366 e. The van der Waals surface area contributed by atoms with Crippen molar-refractivity contribution >= 4 is 22.5 Å². The van der Waals surface area contributed by atoms with Gasteiger partial charge in [0.2, 0.25) is 0 Å². The van der Waals surface area contributed by atoms with Crippen molar-refractivity contribution in [3.05, 3.63) is 76.9 Å². The van der Waals surface area contributed by atoms with E-state index in [-0.39, 0.29) is 0 Å². The number of ether oxygens (including phenoxy) is 1. The average molecular weight is 359 g/mol. The molecule has 0 radical (unpaired) electrons. The molecule has 0 fully saturated rings. The van der Waals surface area contributed by atoms with E-state index in [2.05, 4.69) is 12.1 Å². The molecule has 3 aromatic carbocycles. The summed E-state index contributed by atoms with van der Waals surface area (Å²) in [7, 11) is 1.68. The molecule has 0 spiro atoms.